The molecule has 0 fully saturated rings. The zero-order valence-electron chi connectivity index (χ0n) is 12.1. The number of nitrogens with two attached hydrogens (primary N) is 1. The summed E-state index contributed by atoms with van der Waals surface area (Å²) in [5, 5.41) is 0.628. The van der Waals surface area contributed by atoms with Crippen molar-refractivity contribution in [2.45, 2.75) is 45.6 Å². The summed E-state index contributed by atoms with van der Waals surface area (Å²) in [6, 6.07) is 6.00. The standard InChI is InChI=1S/C15H25ClN2O/c1-4-6-7-11(5-2)15(18-17)12-8-9-13(16)14(10-12)19-3/h8-11,15,18H,4-7,17H2,1-3H3. The SMILES string of the molecule is CCCCC(CC)C(NN)c1ccc(Cl)c(OC)c1. The summed E-state index contributed by atoms with van der Waals surface area (Å²) in [6.07, 6.45) is 4.70. The lowest BCUT2D eigenvalue weighted by Crippen LogP contribution is -2.33. The quantitative estimate of drug-likeness (QED) is 0.559. The lowest BCUT2D eigenvalue weighted by molar-refractivity contribution is 0.325. The minimum absolute atomic E-state index is 0.141. The van der Waals surface area contributed by atoms with Crippen LogP contribution in [-0.4, -0.2) is 7.11 Å². The van der Waals surface area contributed by atoms with Crippen LogP contribution in [0.25, 0.3) is 0 Å². The maximum atomic E-state index is 6.06. The molecular formula is C15H25ClN2O. The van der Waals surface area contributed by atoms with Gasteiger partial charge in [0.25, 0.3) is 0 Å². The van der Waals surface area contributed by atoms with Crippen LogP contribution < -0.4 is 16.0 Å². The van der Waals surface area contributed by atoms with E-state index in [9.17, 15) is 0 Å². The molecule has 2 unspecified atom stereocenters. The van der Waals surface area contributed by atoms with Crippen molar-refractivity contribution in [3.63, 3.8) is 0 Å². The van der Waals surface area contributed by atoms with Gasteiger partial charge < -0.3 is 4.74 Å². The van der Waals surface area contributed by atoms with Gasteiger partial charge in [-0.3, -0.25) is 11.3 Å². The summed E-state index contributed by atoms with van der Waals surface area (Å²) < 4.78 is 5.27. The summed E-state index contributed by atoms with van der Waals surface area (Å²) in [5.41, 5.74) is 4.08. The zero-order valence-corrected chi connectivity index (χ0v) is 12.8. The number of benzene rings is 1. The molecule has 2 atom stereocenters. The van der Waals surface area contributed by atoms with Gasteiger partial charge in [0.15, 0.2) is 0 Å². The van der Waals surface area contributed by atoms with Crippen molar-refractivity contribution in [2.75, 3.05) is 7.11 Å². The molecule has 1 aromatic rings. The fourth-order valence-electron chi connectivity index (χ4n) is 2.45. The van der Waals surface area contributed by atoms with Gasteiger partial charge in [-0.25, -0.2) is 0 Å². The monoisotopic (exact) mass is 284 g/mol. The molecule has 19 heavy (non-hydrogen) atoms. The number of hydrogen-bond donors (Lipinski definition) is 2. The second kappa shape index (κ2) is 8.41. The van der Waals surface area contributed by atoms with E-state index in [0.717, 1.165) is 12.0 Å². The van der Waals surface area contributed by atoms with E-state index >= 15 is 0 Å². The third kappa shape index (κ3) is 4.37. The molecule has 0 aliphatic heterocycles. The van der Waals surface area contributed by atoms with E-state index in [-0.39, 0.29) is 6.04 Å². The Bertz CT molecular complexity index is 384. The number of unbranched alkanes of at least 4 members (excludes halogenated alkanes) is 1. The summed E-state index contributed by atoms with van der Waals surface area (Å²) >= 11 is 6.06. The van der Waals surface area contributed by atoms with Gasteiger partial charge >= 0.3 is 0 Å². The van der Waals surface area contributed by atoms with Gasteiger partial charge in [0.1, 0.15) is 5.75 Å². The Morgan fingerprint density at radius 3 is 2.63 bits per heavy atom. The van der Waals surface area contributed by atoms with Crippen LogP contribution >= 0.6 is 11.6 Å². The van der Waals surface area contributed by atoms with Gasteiger partial charge in [0, 0.05) is 6.04 Å². The van der Waals surface area contributed by atoms with Crippen molar-refractivity contribution in [3.8, 4) is 5.75 Å². The molecule has 0 aliphatic carbocycles. The minimum Gasteiger partial charge on any atom is -0.495 e. The average molecular weight is 285 g/mol. The predicted molar refractivity (Wildman–Crippen MR) is 81.4 cm³/mol. The maximum absolute atomic E-state index is 6.06. The molecule has 3 nitrogen and oxygen atoms in total. The Kier molecular flexibility index (Phi) is 7.21. The van der Waals surface area contributed by atoms with Gasteiger partial charge in [-0.05, 0) is 30.0 Å². The van der Waals surface area contributed by atoms with Crippen molar-refractivity contribution in [1.82, 2.24) is 5.43 Å². The number of hydrogen-bond acceptors (Lipinski definition) is 3. The summed E-state index contributed by atoms with van der Waals surface area (Å²) in [7, 11) is 1.63. The fraction of sp³-hybridized carbons (Fsp3) is 0.600. The molecule has 0 amide bonds. The van der Waals surface area contributed by atoms with E-state index in [1.807, 2.05) is 18.2 Å². The third-order valence-corrected chi connectivity index (χ3v) is 3.95. The first kappa shape index (κ1) is 16.3. The topological polar surface area (TPSA) is 47.3 Å². The van der Waals surface area contributed by atoms with Gasteiger partial charge in [-0.1, -0.05) is 50.8 Å². The Morgan fingerprint density at radius 2 is 2.11 bits per heavy atom. The fourth-order valence-corrected chi connectivity index (χ4v) is 2.64. The Balaban J connectivity index is 2.94. The number of halogens is 1. The molecule has 0 saturated heterocycles. The molecule has 0 bridgehead atoms. The number of methoxy groups -OCH3 is 1. The summed E-state index contributed by atoms with van der Waals surface area (Å²) in [5.74, 6) is 6.98. The van der Waals surface area contributed by atoms with E-state index < -0.39 is 0 Å². The highest BCUT2D eigenvalue weighted by atomic mass is 35.5. The lowest BCUT2D eigenvalue weighted by atomic mass is 9.87. The number of rotatable bonds is 8. The van der Waals surface area contributed by atoms with E-state index in [0.29, 0.717) is 16.7 Å². The lowest BCUT2D eigenvalue weighted by Gasteiger charge is -2.26. The van der Waals surface area contributed by atoms with E-state index in [2.05, 4.69) is 19.3 Å². The molecule has 0 saturated carbocycles. The van der Waals surface area contributed by atoms with Crippen molar-refractivity contribution < 1.29 is 4.74 Å². The Morgan fingerprint density at radius 1 is 1.37 bits per heavy atom. The molecule has 1 rings (SSSR count). The molecule has 0 aliphatic rings. The minimum atomic E-state index is 0.141. The van der Waals surface area contributed by atoms with E-state index in [1.54, 1.807) is 7.11 Å². The van der Waals surface area contributed by atoms with Crippen LogP contribution in [0.5, 0.6) is 5.75 Å². The molecule has 1 aromatic carbocycles. The largest absolute Gasteiger partial charge is 0.495 e. The van der Waals surface area contributed by atoms with Crippen LogP contribution in [0.2, 0.25) is 5.02 Å². The van der Waals surface area contributed by atoms with Gasteiger partial charge in [-0.15, -0.1) is 0 Å². The average Bonchev–Trinajstić information content (AvgIpc) is 2.44. The van der Waals surface area contributed by atoms with Crippen LogP contribution in [0, 0.1) is 5.92 Å². The van der Waals surface area contributed by atoms with E-state index in [1.165, 1.54) is 19.3 Å². The smallest absolute Gasteiger partial charge is 0.137 e. The number of hydrazine groups is 1. The Hall–Kier alpha value is -0.770. The molecule has 0 spiro atoms. The van der Waals surface area contributed by atoms with Crippen molar-refractivity contribution in [1.29, 1.82) is 0 Å². The van der Waals surface area contributed by atoms with Crippen LogP contribution in [0.15, 0.2) is 18.2 Å². The third-order valence-electron chi connectivity index (χ3n) is 3.64. The maximum Gasteiger partial charge on any atom is 0.137 e. The Labute approximate surface area is 121 Å². The number of ether oxygens (including phenoxy) is 1. The summed E-state index contributed by atoms with van der Waals surface area (Å²) in [6.45, 7) is 4.42. The van der Waals surface area contributed by atoms with Crippen LogP contribution in [-0.2, 0) is 0 Å². The second-order valence-electron chi connectivity index (χ2n) is 4.85. The first-order valence-corrected chi connectivity index (χ1v) is 7.35. The molecule has 3 N–H and O–H groups in total. The molecule has 4 heteroatoms. The normalized spacial score (nSPS) is 14.2. The predicted octanol–water partition coefficient (Wildman–Crippen LogP) is 4.07. The van der Waals surface area contributed by atoms with E-state index in [4.69, 9.17) is 22.2 Å². The van der Waals surface area contributed by atoms with Gasteiger partial charge in [-0.2, -0.15) is 0 Å². The molecule has 0 heterocycles. The molecular weight excluding hydrogens is 260 g/mol. The molecule has 0 aromatic heterocycles. The zero-order chi connectivity index (χ0) is 14.3. The highest BCUT2D eigenvalue weighted by Crippen LogP contribution is 2.33. The molecule has 108 valence electrons. The van der Waals surface area contributed by atoms with Crippen LogP contribution in [0.4, 0.5) is 0 Å². The van der Waals surface area contributed by atoms with Crippen LogP contribution in [0.3, 0.4) is 0 Å². The van der Waals surface area contributed by atoms with Crippen LogP contribution in [0.1, 0.15) is 51.1 Å². The van der Waals surface area contributed by atoms with Crippen molar-refractivity contribution in [3.05, 3.63) is 28.8 Å². The van der Waals surface area contributed by atoms with Crippen molar-refractivity contribution >= 4 is 11.6 Å². The second-order valence-corrected chi connectivity index (χ2v) is 5.26. The summed E-state index contributed by atoms with van der Waals surface area (Å²) in [4.78, 5) is 0. The number of nitrogens with one attached hydrogen (secondary N) is 1. The van der Waals surface area contributed by atoms with Gasteiger partial charge in [0.05, 0.1) is 12.1 Å². The molecule has 0 radical (unpaired) electrons. The highest BCUT2D eigenvalue weighted by Gasteiger charge is 2.21. The first-order chi connectivity index (χ1) is 9.17. The highest BCUT2D eigenvalue weighted by molar-refractivity contribution is 6.32. The van der Waals surface area contributed by atoms with Crippen molar-refractivity contribution in [2.24, 2.45) is 11.8 Å². The van der Waals surface area contributed by atoms with Gasteiger partial charge in [0.2, 0.25) is 0 Å². The first-order valence-electron chi connectivity index (χ1n) is 6.97.